The van der Waals surface area contributed by atoms with Gasteiger partial charge in [-0.3, -0.25) is 4.90 Å². The summed E-state index contributed by atoms with van der Waals surface area (Å²) in [6, 6.07) is 26.8. The molecule has 0 saturated carbocycles. The molecule has 1 N–H and O–H groups in total. The highest BCUT2D eigenvalue weighted by molar-refractivity contribution is 8.01. The molecule has 186 valence electrons. The van der Waals surface area contributed by atoms with E-state index in [1.807, 2.05) is 60.3 Å². The smallest absolute Gasteiger partial charge is 0.230 e. The van der Waals surface area contributed by atoms with Crippen molar-refractivity contribution >= 4 is 45.0 Å². The summed E-state index contributed by atoms with van der Waals surface area (Å²) in [5.41, 5.74) is 4.37. The van der Waals surface area contributed by atoms with E-state index in [1.165, 1.54) is 41.8 Å². The van der Waals surface area contributed by atoms with Gasteiger partial charge in [-0.15, -0.1) is 11.3 Å². The van der Waals surface area contributed by atoms with Crippen molar-refractivity contribution in [2.75, 3.05) is 24.3 Å². The molecule has 1 aliphatic heterocycles. The highest BCUT2D eigenvalue weighted by Gasteiger charge is 2.14. The van der Waals surface area contributed by atoms with Crippen molar-refractivity contribution in [2.45, 2.75) is 30.0 Å². The topological polar surface area (TPSA) is 66.8 Å². The van der Waals surface area contributed by atoms with Gasteiger partial charge in [0.1, 0.15) is 11.6 Å². The highest BCUT2D eigenvalue weighted by atomic mass is 32.2. The van der Waals surface area contributed by atoms with Crippen molar-refractivity contribution < 1.29 is 0 Å². The van der Waals surface area contributed by atoms with Gasteiger partial charge in [0.05, 0.1) is 16.1 Å². The van der Waals surface area contributed by atoms with Gasteiger partial charge in [-0.05, 0) is 61.3 Å². The molecule has 0 aliphatic carbocycles. The Morgan fingerprint density at radius 2 is 1.46 bits per heavy atom. The van der Waals surface area contributed by atoms with Gasteiger partial charge in [0, 0.05) is 18.5 Å². The SMILES string of the molecule is c1ccc(Cc2nc(Cc3ccc4nc(SCN5CCCC5)sc4c3)nc(Nc3ccccc3)n2)cc1. The standard InChI is InChI=1S/C29H28N6S2/c1-3-9-21(10-4-1)18-26-32-27(34-28(33-26)30-23-11-5-2-6-12-23)19-22-13-14-24-25(17-22)37-29(31-24)36-20-35-15-7-8-16-35/h1-6,9-14,17H,7-8,15-16,18-20H2,(H,30,32,33,34). The van der Waals surface area contributed by atoms with E-state index in [0.29, 0.717) is 18.8 Å². The number of likely N-dealkylation sites (tertiary alicyclic amines) is 1. The summed E-state index contributed by atoms with van der Waals surface area (Å²) < 4.78 is 2.35. The second kappa shape index (κ2) is 11.4. The molecule has 0 radical (unpaired) electrons. The van der Waals surface area contributed by atoms with E-state index in [4.69, 9.17) is 19.9 Å². The largest absolute Gasteiger partial charge is 0.324 e. The zero-order valence-electron chi connectivity index (χ0n) is 20.5. The number of aromatic nitrogens is 4. The first-order valence-corrected chi connectivity index (χ1v) is 14.4. The predicted molar refractivity (Wildman–Crippen MR) is 153 cm³/mol. The van der Waals surface area contributed by atoms with E-state index in [9.17, 15) is 0 Å². The fraction of sp³-hybridized carbons (Fsp3) is 0.241. The Morgan fingerprint density at radius 1 is 0.757 bits per heavy atom. The molecule has 6 nitrogen and oxygen atoms in total. The lowest BCUT2D eigenvalue weighted by Crippen LogP contribution is -2.17. The number of hydrogen-bond acceptors (Lipinski definition) is 8. The molecule has 0 bridgehead atoms. The maximum absolute atomic E-state index is 4.85. The Balaban J connectivity index is 1.23. The molecular formula is C29H28N6S2. The normalized spacial score (nSPS) is 13.8. The number of hydrogen-bond donors (Lipinski definition) is 1. The minimum absolute atomic E-state index is 0.571. The van der Waals surface area contributed by atoms with Crippen molar-refractivity contribution in [1.29, 1.82) is 0 Å². The summed E-state index contributed by atoms with van der Waals surface area (Å²) in [6.07, 6.45) is 3.93. The van der Waals surface area contributed by atoms with Crippen LogP contribution in [-0.4, -0.2) is 43.8 Å². The number of benzene rings is 3. The van der Waals surface area contributed by atoms with Gasteiger partial charge in [0.2, 0.25) is 5.95 Å². The Hall–Kier alpha value is -3.33. The highest BCUT2D eigenvalue weighted by Crippen LogP contribution is 2.31. The van der Waals surface area contributed by atoms with Crippen LogP contribution >= 0.6 is 23.1 Å². The Kier molecular flexibility index (Phi) is 7.39. The summed E-state index contributed by atoms with van der Waals surface area (Å²) in [5, 5.41) is 3.35. The van der Waals surface area contributed by atoms with Crippen LogP contribution in [0, 0.1) is 0 Å². The van der Waals surface area contributed by atoms with Gasteiger partial charge in [0.25, 0.3) is 0 Å². The molecule has 0 unspecified atom stereocenters. The second-order valence-electron chi connectivity index (χ2n) is 9.20. The van der Waals surface area contributed by atoms with Crippen LogP contribution < -0.4 is 5.32 Å². The van der Waals surface area contributed by atoms with Gasteiger partial charge in [0.15, 0.2) is 4.34 Å². The van der Waals surface area contributed by atoms with Crippen molar-refractivity contribution in [2.24, 2.45) is 0 Å². The van der Waals surface area contributed by atoms with Gasteiger partial charge in [-0.25, -0.2) is 9.97 Å². The minimum Gasteiger partial charge on any atom is -0.324 e. The number of fused-ring (bicyclic) bond motifs is 1. The van der Waals surface area contributed by atoms with Crippen molar-refractivity contribution in [3.8, 4) is 0 Å². The molecule has 3 aromatic carbocycles. The van der Waals surface area contributed by atoms with E-state index in [0.717, 1.165) is 33.1 Å². The number of anilines is 2. The van der Waals surface area contributed by atoms with Crippen LogP contribution in [-0.2, 0) is 12.8 Å². The van der Waals surface area contributed by atoms with Gasteiger partial charge in [-0.1, -0.05) is 66.4 Å². The minimum atomic E-state index is 0.571. The lowest BCUT2D eigenvalue weighted by Gasteiger charge is -2.11. The third-order valence-corrected chi connectivity index (χ3v) is 8.58. The van der Waals surface area contributed by atoms with Crippen molar-refractivity contribution in [3.63, 3.8) is 0 Å². The summed E-state index contributed by atoms with van der Waals surface area (Å²) in [7, 11) is 0. The number of thiazole rings is 1. The monoisotopic (exact) mass is 524 g/mol. The molecule has 1 aliphatic rings. The molecule has 0 spiro atoms. The summed E-state index contributed by atoms with van der Waals surface area (Å²) in [6.45, 7) is 2.42. The van der Waals surface area contributed by atoms with Gasteiger partial charge in [-0.2, -0.15) is 9.97 Å². The Labute approximate surface area is 225 Å². The quantitative estimate of drug-likeness (QED) is 0.219. The van der Waals surface area contributed by atoms with Gasteiger partial charge < -0.3 is 5.32 Å². The van der Waals surface area contributed by atoms with Crippen LogP contribution in [0.4, 0.5) is 11.6 Å². The third kappa shape index (κ3) is 6.33. The number of rotatable bonds is 9. The second-order valence-corrected chi connectivity index (χ2v) is 11.4. The first-order chi connectivity index (χ1) is 18.3. The zero-order valence-corrected chi connectivity index (χ0v) is 22.1. The number of nitrogens with zero attached hydrogens (tertiary/aromatic N) is 5. The first-order valence-electron chi connectivity index (χ1n) is 12.6. The van der Waals surface area contributed by atoms with Crippen LogP contribution in [0.15, 0.2) is 83.2 Å². The molecule has 8 heteroatoms. The first kappa shape index (κ1) is 24.0. The Bertz CT molecular complexity index is 1410. The zero-order chi connectivity index (χ0) is 24.9. The van der Waals surface area contributed by atoms with E-state index in [1.54, 1.807) is 11.3 Å². The summed E-state index contributed by atoms with van der Waals surface area (Å²) >= 11 is 3.63. The fourth-order valence-electron chi connectivity index (χ4n) is 4.47. The maximum Gasteiger partial charge on any atom is 0.230 e. The van der Waals surface area contributed by atoms with E-state index >= 15 is 0 Å². The summed E-state index contributed by atoms with van der Waals surface area (Å²) in [5.74, 6) is 3.11. The fourth-order valence-corrected chi connectivity index (χ4v) is 6.61. The molecule has 3 heterocycles. The van der Waals surface area contributed by atoms with Crippen LogP contribution in [0.1, 0.15) is 35.6 Å². The number of para-hydroxylation sites is 1. The molecule has 5 aromatic rings. The maximum atomic E-state index is 4.85. The van der Waals surface area contributed by atoms with Crippen LogP contribution in [0.25, 0.3) is 10.2 Å². The lowest BCUT2D eigenvalue weighted by atomic mass is 10.1. The van der Waals surface area contributed by atoms with E-state index in [-0.39, 0.29) is 0 Å². The van der Waals surface area contributed by atoms with E-state index < -0.39 is 0 Å². The van der Waals surface area contributed by atoms with Crippen LogP contribution in [0.5, 0.6) is 0 Å². The predicted octanol–water partition coefficient (Wildman–Crippen LogP) is 6.55. The molecule has 6 rings (SSSR count). The average molecular weight is 525 g/mol. The molecule has 2 aromatic heterocycles. The van der Waals surface area contributed by atoms with Crippen LogP contribution in [0.2, 0.25) is 0 Å². The average Bonchev–Trinajstić information content (AvgIpc) is 3.58. The third-order valence-electron chi connectivity index (χ3n) is 6.33. The molecule has 0 atom stereocenters. The molecular weight excluding hydrogens is 496 g/mol. The number of thioether (sulfide) groups is 1. The number of nitrogens with one attached hydrogen (secondary N) is 1. The Morgan fingerprint density at radius 3 is 2.22 bits per heavy atom. The van der Waals surface area contributed by atoms with Crippen molar-refractivity contribution in [1.82, 2.24) is 24.8 Å². The van der Waals surface area contributed by atoms with Crippen molar-refractivity contribution in [3.05, 3.63) is 102 Å². The molecule has 0 amide bonds. The molecule has 1 fully saturated rings. The van der Waals surface area contributed by atoms with E-state index in [2.05, 4.69) is 40.5 Å². The summed E-state index contributed by atoms with van der Waals surface area (Å²) in [4.78, 5) is 21.7. The van der Waals surface area contributed by atoms with Crippen LogP contribution in [0.3, 0.4) is 0 Å². The lowest BCUT2D eigenvalue weighted by molar-refractivity contribution is 0.401. The molecule has 37 heavy (non-hydrogen) atoms. The molecule has 1 saturated heterocycles. The van der Waals surface area contributed by atoms with Gasteiger partial charge >= 0.3 is 0 Å².